The van der Waals surface area contributed by atoms with Crippen LogP contribution in [-0.4, -0.2) is 11.7 Å². The van der Waals surface area contributed by atoms with Gasteiger partial charge in [-0.3, -0.25) is 5.14 Å². The molecule has 0 amide bonds. The summed E-state index contributed by atoms with van der Waals surface area (Å²) in [4.78, 5) is 0.781. The molecule has 0 radical (unpaired) electrons. The van der Waals surface area contributed by atoms with Gasteiger partial charge < -0.3 is 9.84 Å². The third kappa shape index (κ3) is 3.36. The van der Waals surface area contributed by atoms with Crippen molar-refractivity contribution < 1.29 is 18.6 Å². The second kappa shape index (κ2) is 5.90. The number of benzene rings is 2. The summed E-state index contributed by atoms with van der Waals surface area (Å²) < 4.78 is 29.2. The molecule has 0 aliphatic heterocycles. The van der Waals surface area contributed by atoms with Crippen molar-refractivity contribution in [2.45, 2.75) is 11.5 Å². The molecular weight excluding hydrogens is 272 g/mol. The van der Waals surface area contributed by atoms with Gasteiger partial charge in [0.1, 0.15) is 11.5 Å². The van der Waals surface area contributed by atoms with Crippen LogP contribution in [0.25, 0.3) is 11.1 Å². The number of nitrogens with two attached hydrogens (primary N) is 1. The zero-order valence-corrected chi connectivity index (χ0v) is 10.5. The SMILES string of the molecule is NSc1cccc(-c2cc(O)ccc2OC(F)F)c1. The fourth-order valence-electron chi connectivity index (χ4n) is 1.68. The van der Waals surface area contributed by atoms with Gasteiger partial charge >= 0.3 is 6.61 Å². The zero-order valence-electron chi connectivity index (χ0n) is 9.72. The maximum absolute atomic E-state index is 12.4. The third-order valence-electron chi connectivity index (χ3n) is 2.46. The summed E-state index contributed by atoms with van der Waals surface area (Å²) in [6.07, 6.45) is 0. The van der Waals surface area contributed by atoms with Gasteiger partial charge in [-0.15, -0.1) is 0 Å². The maximum Gasteiger partial charge on any atom is 0.387 e. The molecule has 6 heteroatoms. The minimum absolute atomic E-state index is 0.00646. The van der Waals surface area contributed by atoms with Crippen LogP contribution in [0.5, 0.6) is 11.5 Å². The number of aromatic hydroxyl groups is 1. The Morgan fingerprint density at radius 3 is 2.63 bits per heavy atom. The lowest BCUT2D eigenvalue weighted by atomic mass is 10.0. The molecule has 19 heavy (non-hydrogen) atoms. The molecule has 0 unspecified atom stereocenters. The molecule has 0 aromatic heterocycles. The molecule has 0 saturated carbocycles. The van der Waals surface area contributed by atoms with Crippen LogP contribution in [0.3, 0.4) is 0 Å². The molecule has 0 bridgehead atoms. The Kier molecular flexibility index (Phi) is 4.24. The summed E-state index contributed by atoms with van der Waals surface area (Å²) in [5, 5.41) is 14.9. The molecule has 0 heterocycles. The number of halogens is 2. The monoisotopic (exact) mass is 283 g/mol. The van der Waals surface area contributed by atoms with Gasteiger partial charge in [0.25, 0.3) is 0 Å². The van der Waals surface area contributed by atoms with Crippen molar-refractivity contribution in [1.82, 2.24) is 0 Å². The Bertz CT molecular complexity index is 578. The highest BCUT2D eigenvalue weighted by Gasteiger charge is 2.12. The Morgan fingerprint density at radius 1 is 1.16 bits per heavy atom. The number of ether oxygens (including phenoxy) is 1. The van der Waals surface area contributed by atoms with Crippen LogP contribution in [0, 0.1) is 0 Å². The summed E-state index contributed by atoms with van der Waals surface area (Å²) >= 11 is 1.05. The van der Waals surface area contributed by atoms with Crippen LogP contribution in [-0.2, 0) is 0 Å². The molecule has 0 saturated heterocycles. The van der Waals surface area contributed by atoms with Crippen molar-refractivity contribution in [3.8, 4) is 22.6 Å². The van der Waals surface area contributed by atoms with Crippen LogP contribution in [0.1, 0.15) is 0 Å². The van der Waals surface area contributed by atoms with Crippen molar-refractivity contribution in [3.05, 3.63) is 42.5 Å². The smallest absolute Gasteiger partial charge is 0.387 e. The molecule has 0 atom stereocenters. The van der Waals surface area contributed by atoms with Gasteiger partial charge in [0.15, 0.2) is 0 Å². The van der Waals surface area contributed by atoms with Gasteiger partial charge in [0.05, 0.1) is 0 Å². The van der Waals surface area contributed by atoms with E-state index in [0.29, 0.717) is 11.1 Å². The van der Waals surface area contributed by atoms with Crippen molar-refractivity contribution in [1.29, 1.82) is 0 Å². The Morgan fingerprint density at radius 2 is 1.95 bits per heavy atom. The second-order valence-electron chi connectivity index (χ2n) is 3.70. The lowest BCUT2D eigenvalue weighted by Gasteiger charge is -2.12. The van der Waals surface area contributed by atoms with Gasteiger partial charge in [-0.05, 0) is 47.8 Å². The molecule has 0 fully saturated rings. The van der Waals surface area contributed by atoms with E-state index in [2.05, 4.69) is 4.74 Å². The van der Waals surface area contributed by atoms with Crippen molar-refractivity contribution in [3.63, 3.8) is 0 Å². The van der Waals surface area contributed by atoms with Gasteiger partial charge in [-0.1, -0.05) is 12.1 Å². The highest BCUT2D eigenvalue weighted by atomic mass is 32.2. The molecule has 0 aliphatic rings. The predicted molar refractivity (Wildman–Crippen MR) is 70.2 cm³/mol. The summed E-state index contributed by atoms with van der Waals surface area (Å²) in [7, 11) is 0. The molecule has 3 nitrogen and oxygen atoms in total. The zero-order chi connectivity index (χ0) is 13.8. The minimum atomic E-state index is -2.92. The van der Waals surface area contributed by atoms with E-state index in [1.165, 1.54) is 18.2 Å². The van der Waals surface area contributed by atoms with E-state index in [0.717, 1.165) is 16.8 Å². The van der Waals surface area contributed by atoms with Gasteiger partial charge in [0.2, 0.25) is 0 Å². The Balaban J connectivity index is 2.49. The molecule has 2 rings (SSSR count). The van der Waals surface area contributed by atoms with Gasteiger partial charge in [0, 0.05) is 10.5 Å². The van der Waals surface area contributed by atoms with Crippen LogP contribution in [0.2, 0.25) is 0 Å². The van der Waals surface area contributed by atoms with Gasteiger partial charge in [-0.2, -0.15) is 8.78 Å². The first kappa shape index (κ1) is 13.6. The van der Waals surface area contributed by atoms with Crippen LogP contribution < -0.4 is 9.88 Å². The first-order valence-corrected chi connectivity index (χ1v) is 6.23. The van der Waals surface area contributed by atoms with E-state index >= 15 is 0 Å². The molecular formula is C13H11F2NO2S. The normalized spacial score (nSPS) is 10.7. The van der Waals surface area contributed by atoms with Crippen molar-refractivity contribution in [2.75, 3.05) is 0 Å². The Labute approximate surface area is 113 Å². The van der Waals surface area contributed by atoms with Crippen LogP contribution >= 0.6 is 11.9 Å². The standard InChI is InChI=1S/C13H11F2NO2S/c14-13(15)18-12-5-4-9(17)7-11(12)8-2-1-3-10(6-8)19-16/h1-7,13,17H,16H2. The van der Waals surface area contributed by atoms with Gasteiger partial charge in [-0.25, -0.2) is 0 Å². The predicted octanol–water partition coefficient (Wildman–Crippen LogP) is 3.63. The largest absolute Gasteiger partial charge is 0.508 e. The number of phenols is 1. The highest BCUT2D eigenvalue weighted by Crippen LogP contribution is 2.35. The molecule has 3 N–H and O–H groups in total. The molecule has 100 valence electrons. The Hall–Kier alpha value is -1.79. The summed E-state index contributed by atoms with van der Waals surface area (Å²) in [6.45, 7) is -2.92. The lowest BCUT2D eigenvalue weighted by Crippen LogP contribution is -2.03. The quantitative estimate of drug-likeness (QED) is 0.841. The second-order valence-corrected chi connectivity index (χ2v) is 4.41. The number of hydrogen-bond donors (Lipinski definition) is 2. The average Bonchev–Trinajstić information content (AvgIpc) is 2.40. The summed E-state index contributed by atoms with van der Waals surface area (Å²) in [5.41, 5.74) is 1.03. The van der Waals surface area contributed by atoms with Crippen molar-refractivity contribution in [2.24, 2.45) is 5.14 Å². The molecule has 0 spiro atoms. The van der Waals surface area contributed by atoms with E-state index in [1.54, 1.807) is 24.3 Å². The number of alkyl halides is 2. The average molecular weight is 283 g/mol. The van der Waals surface area contributed by atoms with E-state index in [-0.39, 0.29) is 11.5 Å². The highest BCUT2D eigenvalue weighted by molar-refractivity contribution is 7.97. The summed E-state index contributed by atoms with van der Waals surface area (Å²) in [6, 6.07) is 11.0. The topological polar surface area (TPSA) is 55.5 Å². The summed E-state index contributed by atoms with van der Waals surface area (Å²) in [5.74, 6) is -0.0191. The van der Waals surface area contributed by atoms with E-state index in [9.17, 15) is 13.9 Å². The van der Waals surface area contributed by atoms with E-state index < -0.39 is 6.61 Å². The first-order valence-electron chi connectivity index (χ1n) is 5.35. The minimum Gasteiger partial charge on any atom is -0.508 e. The fourth-order valence-corrected chi connectivity index (χ4v) is 2.03. The van der Waals surface area contributed by atoms with E-state index in [4.69, 9.17) is 5.14 Å². The number of hydrogen-bond acceptors (Lipinski definition) is 4. The van der Waals surface area contributed by atoms with Crippen molar-refractivity contribution >= 4 is 11.9 Å². The molecule has 0 aliphatic carbocycles. The fraction of sp³-hybridized carbons (Fsp3) is 0.0769. The van der Waals surface area contributed by atoms with E-state index in [1.807, 2.05) is 0 Å². The van der Waals surface area contributed by atoms with Crippen LogP contribution in [0.4, 0.5) is 8.78 Å². The number of rotatable bonds is 4. The maximum atomic E-state index is 12.4. The first-order chi connectivity index (χ1) is 9.10. The number of phenolic OH excluding ortho intramolecular Hbond substituents is 1. The van der Waals surface area contributed by atoms with Crippen LogP contribution in [0.15, 0.2) is 47.4 Å². The molecule has 2 aromatic carbocycles. The third-order valence-corrected chi connectivity index (χ3v) is 2.99. The molecule has 2 aromatic rings. The lowest BCUT2D eigenvalue weighted by molar-refractivity contribution is -0.0494.